The van der Waals surface area contributed by atoms with Crippen LogP contribution >= 0.6 is 11.6 Å². The Morgan fingerprint density at radius 2 is 2.11 bits per heavy atom. The normalized spacial score (nSPS) is 11.3. The lowest BCUT2D eigenvalue weighted by Crippen LogP contribution is -2.21. The molecule has 0 atom stereocenters. The highest BCUT2D eigenvalue weighted by molar-refractivity contribution is 6.17. The highest BCUT2D eigenvalue weighted by atomic mass is 35.5. The Morgan fingerprint density at radius 3 is 2.58 bits per heavy atom. The van der Waals surface area contributed by atoms with Crippen LogP contribution in [0.3, 0.4) is 0 Å². The molecule has 0 N–H and O–H groups in total. The lowest BCUT2D eigenvalue weighted by atomic mass is 10.2. The average Bonchev–Trinajstić information content (AvgIpc) is 2.27. The van der Waals surface area contributed by atoms with Gasteiger partial charge in [0, 0.05) is 0 Å². The summed E-state index contributed by atoms with van der Waals surface area (Å²) in [7, 11) is 0. The van der Waals surface area contributed by atoms with Crippen LogP contribution in [0.1, 0.15) is 23.0 Å². The van der Waals surface area contributed by atoms with Gasteiger partial charge < -0.3 is 9.47 Å². The standard InChI is InChI=1S/C10H8ClF4NO3/c1-2-18-9(17)7-6(19-10(13,14)15)4-16-5(3-11)8(7)12/h4H,2-3H2,1H3. The number of hydrogen-bond donors (Lipinski definition) is 0. The van der Waals surface area contributed by atoms with Crippen LogP contribution in [0.15, 0.2) is 6.20 Å². The molecule has 1 aromatic heterocycles. The second kappa shape index (κ2) is 6.05. The highest BCUT2D eigenvalue weighted by Gasteiger charge is 2.35. The number of hydrogen-bond acceptors (Lipinski definition) is 4. The van der Waals surface area contributed by atoms with E-state index < -0.39 is 35.3 Å². The minimum Gasteiger partial charge on any atom is -0.462 e. The van der Waals surface area contributed by atoms with Gasteiger partial charge in [-0.2, -0.15) is 0 Å². The van der Waals surface area contributed by atoms with Gasteiger partial charge in [0.15, 0.2) is 11.6 Å². The average molecular weight is 302 g/mol. The SMILES string of the molecule is CCOC(=O)c1c(OC(F)(F)F)cnc(CCl)c1F. The molecule has 0 amide bonds. The zero-order valence-electron chi connectivity index (χ0n) is 9.55. The van der Waals surface area contributed by atoms with E-state index >= 15 is 0 Å². The maximum absolute atomic E-state index is 13.8. The minimum atomic E-state index is -5.09. The lowest BCUT2D eigenvalue weighted by Gasteiger charge is -2.13. The summed E-state index contributed by atoms with van der Waals surface area (Å²) in [5.41, 5.74) is -1.36. The van der Waals surface area contributed by atoms with Gasteiger partial charge in [-0.3, -0.25) is 4.98 Å². The molecule has 1 heterocycles. The molecular formula is C10H8ClF4NO3. The summed E-state index contributed by atoms with van der Waals surface area (Å²) >= 11 is 5.35. The number of halogens is 5. The maximum atomic E-state index is 13.8. The van der Waals surface area contributed by atoms with E-state index in [1.165, 1.54) is 6.92 Å². The topological polar surface area (TPSA) is 48.4 Å². The molecule has 0 aliphatic heterocycles. The van der Waals surface area contributed by atoms with Gasteiger partial charge in [0.25, 0.3) is 0 Å². The van der Waals surface area contributed by atoms with Crippen molar-refractivity contribution in [2.45, 2.75) is 19.2 Å². The van der Waals surface area contributed by atoms with Crippen molar-refractivity contribution >= 4 is 17.6 Å². The van der Waals surface area contributed by atoms with E-state index in [2.05, 4.69) is 14.5 Å². The van der Waals surface area contributed by atoms with E-state index in [0.717, 1.165) is 0 Å². The van der Waals surface area contributed by atoms with E-state index in [1.54, 1.807) is 0 Å². The van der Waals surface area contributed by atoms with Gasteiger partial charge in [-0.1, -0.05) is 0 Å². The molecule has 0 saturated heterocycles. The summed E-state index contributed by atoms with van der Waals surface area (Å²) in [6.07, 6.45) is -4.52. The second-order valence-corrected chi connectivity index (χ2v) is 3.43. The summed E-state index contributed by atoms with van der Waals surface area (Å²) < 4.78 is 58.2. The van der Waals surface area contributed by atoms with Crippen molar-refractivity contribution in [3.8, 4) is 5.75 Å². The molecule has 0 radical (unpaired) electrons. The van der Waals surface area contributed by atoms with Crippen molar-refractivity contribution in [1.82, 2.24) is 4.98 Å². The molecule has 106 valence electrons. The first-order valence-electron chi connectivity index (χ1n) is 4.96. The minimum absolute atomic E-state index is 0.137. The van der Waals surface area contributed by atoms with Gasteiger partial charge in [-0.05, 0) is 6.92 Å². The van der Waals surface area contributed by atoms with Gasteiger partial charge in [0.2, 0.25) is 0 Å². The molecular weight excluding hydrogens is 294 g/mol. The molecule has 0 fully saturated rings. The summed E-state index contributed by atoms with van der Waals surface area (Å²) in [6.45, 7) is 1.28. The number of ether oxygens (including phenoxy) is 2. The molecule has 0 unspecified atom stereocenters. The summed E-state index contributed by atoms with van der Waals surface area (Å²) in [5.74, 6) is -4.06. The fraction of sp³-hybridized carbons (Fsp3) is 0.400. The number of esters is 1. The van der Waals surface area contributed by atoms with Crippen molar-refractivity contribution in [1.29, 1.82) is 0 Å². The molecule has 19 heavy (non-hydrogen) atoms. The summed E-state index contributed by atoms with van der Waals surface area (Å²) in [4.78, 5) is 14.8. The zero-order valence-corrected chi connectivity index (χ0v) is 10.3. The van der Waals surface area contributed by atoms with Crippen molar-refractivity contribution < 1.29 is 31.8 Å². The van der Waals surface area contributed by atoms with E-state index in [1.807, 2.05) is 0 Å². The zero-order chi connectivity index (χ0) is 14.6. The Bertz CT molecular complexity index is 479. The van der Waals surface area contributed by atoms with Gasteiger partial charge in [-0.25, -0.2) is 9.18 Å². The Labute approximate surface area is 110 Å². The number of carbonyl (C=O) groups is 1. The van der Waals surface area contributed by atoms with Crippen LogP contribution in [-0.4, -0.2) is 23.9 Å². The fourth-order valence-corrected chi connectivity index (χ4v) is 1.39. The van der Waals surface area contributed by atoms with Crippen molar-refractivity contribution in [2.75, 3.05) is 6.61 Å². The van der Waals surface area contributed by atoms with E-state index in [-0.39, 0.29) is 12.3 Å². The van der Waals surface area contributed by atoms with Crippen LogP contribution in [0.2, 0.25) is 0 Å². The first kappa shape index (κ1) is 15.5. The van der Waals surface area contributed by atoms with Gasteiger partial charge in [0.05, 0.1) is 24.4 Å². The number of pyridine rings is 1. The van der Waals surface area contributed by atoms with Crippen LogP contribution in [0.25, 0.3) is 0 Å². The Morgan fingerprint density at radius 1 is 1.47 bits per heavy atom. The van der Waals surface area contributed by atoms with Crippen LogP contribution in [0, 0.1) is 5.82 Å². The molecule has 0 spiro atoms. The first-order valence-corrected chi connectivity index (χ1v) is 5.49. The lowest BCUT2D eigenvalue weighted by molar-refractivity contribution is -0.274. The van der Waals surface area contributed by atoms with Crippen LogP contribution in [-0.2, 0) is 10.6 Å². The van der Waals surface area contributed by atoms with Crippen LogP contribution in [0.4, 0.5) is 17.6 Å². The van der Waals surface area contributed by atoms with Gasteiger partial charge >= 0.3 is 12.3 Å². The van der Waals surface area contributed by atoms with Crippen molar-refractivity contribution in [3.05, 3.63) is 23.3 Å². The summed E-state index contributed by atoms with van der Waals surface area (Å²) in [5, 5.41) is 0. The molecule has 1 aromatic rings. The molecule has 0 saturated carbocycles. The largest absolute Gasteiger partial charge is 0.573 e. The quantitative estimate of drug-likeness (QED) is 0.487. The highest BCUT2D eigenvalue weighted by Crippen LogP contribution is 2.29. The van der Waals surface area contributed by atoms with E-state index in [4.69, 9.17) is 11.6 Å². The van der Waals surface area contributed by atoms with Crippen LogP contribution < -0.4 is 4.74 Å². The van der Waals surface area contributed by atoms with Crippen molar-refractivity contribution in [2.24, 2.45) is 0 Å². The molecule has 0 aliphatic carbocycles. The third kappa shape index (κ3) is 3.95. The number of rotatable bonds is 4. The number of carbonyl (C=O) groups excluding carboxylic acids is 1. The number of aromatic nitrogens is 1. The molecule has 4 nitrogen and oxygen atoms in total. The smallest absolute Gasteiger partial charge is 0.462 e. The molecule has 0 aromatic carbocycles. The molecule has 0 bridgehead atoms. The first-order chi connectivity index (χ1) is 8.80. The molecule has 0 aliphatic rings. The predicted molar refractivity (Wildman–Crippen MR) is 56.4 cm³/mol. The third-order valence-corrected chi connectivity index (χ3v) is 2.14. The fourth-order valence-electron chi connectivity index (χ4n) is 1.20. The van der Waals surface area contributed by atoms with E-state index in [9.17, 15) is 22.4 Å². The maximum Gasteiger partial charge on any atom is 0.573 e. The van der Waals surface area contributed by atoms with Crippen LogP contribution in [0.5, 0.6) is 5.75 Å². The summed E-state index contributed by atoms with van der Waals surface area (Å²) in [6, 6.07) is 0. The Balaban J connectivity index is 3.30. The third-order valence-electron chi connectivity index (χ3n) is 1.89. The van der Waals surface area contributed by atoms with E-state index in [0.29, 0.717) is 6.20 Å². The van der Waals surface area contributed by atoms with Gasteiger partial charge in [0.1, 0.15) is 5.56 Å². The number of nitrogens with zero attached hydrogens (tertiary/aromatic N) is 1. The Hall–Kier alpha value is -1.57. The molecule has 1 rings (SSSR count). The van der Waals surface area contributed by atoms with Gasteiger partial charge in [-0.15, -0.1) is 24.8 Å². The Kier molecular flexibility index (Phi) is 4.93. The predicted octanol–water partition coefficient (Wildman–Crippen LogP) is 3.03. The monoisotopic (exact) mass is 301 g/mol. The van der Waals surface area contributed by atoms with Crippen molar-refractivity contribution in [3.63, 3.8) is 0 Å². The second-order valence-electron chi connectivity index (χ2n) is 3.16. The molecule has 9 heteroatoms. The number of alkyl halides is 4.